The molecule has 1 N–H and O–H groups in total. The van der Waals surface area contributed by atoms with E-state index >= 15 is 0 Å². The van der Waals surface area contributed by atoms with Gasteiger partial charge in [0, 0.05) is 17.3 Å². The van der Waals surface area contributed by atoms with Crippen molar-refractivity contribution >= 4 is 33.9 Å². The van der Waals surface area contributed by atoms with E-state index in [1.54, 1.807) is 20.4 Å². The van der Waals surface area contributed by atoms with Gasteiger partial charge in [-0.25, -0.2) is 4.98 Å². The number of nitrogens with zero attached hydrogens (tertiary/aromatic N) is 1. The molecule has 0 bridgehead atoms. The number of ether oxygens (including phenoxy) is 2. The molecule has 0 spiro atoms. The van der Waals surface area contributed by atoms with Crippen molar-refractivity contribution in [1.29, 1.82) is 0 Å². The average Bonchev–Trinajstić information content (AvgIpc) is 2.55. The number of pyridine rings is 1. The van der Waals surface area contributed by atoms with Crippen molar-refractivity contribution in [3.63, 3.8) is 0 Å². The van der Waals surface area contributed by atoms with Gasteiger partial charge in [-0.2, -0.15) is 0 Å². The molecular formula is C18H17ClN2O2. The normalized spacial score (nSPS) is 10.6. The summed E-state index contributed by atoms with van der Waals surface area (Å²) in [5.41, 5.74) is 1.91. The molecule has 0 aliphatic carbocycles. The number of rotatable bonds is 4. The Morgan fingerprint density at radius 3 is 2.48 bits per heavy atom. The highest BCUT2D eigenvalue weighted by molar-refractivity contribution is 6.32. The minimum atomic E-state index is 0.551. The fraction of sp³-hybridized carbons (Fsp3) is 0.167. The molecule has 0 unspecified atom stereocenters. The van der Waals surface area contributed by atoms with E-state index in [1.165, 1.54) is 0 Å². The van der Waals surface area contributed by atoms with Crippen LogP contribution in [0.2, 0.25) is 5.02 Å². The van der Waals surface area contributed by atoms with Crippen LogP contribution in [0.5, 0.6) is 11.5 Å². The largest absolute Gasteiger partial charge is 0.496 e. The lowest BCUT2D eigenvalue weighted by atomic mass is 10.1. The zero-order valence-corrected chi connectivity index (χ0v) is 13.9. The van der Waals surface area contributed by atoms with Gasteiger partial charge in [0.25, 0.3) is 0 Å². The van der Waals surface area contributed by atoms with Gasteiger partial charge in [-0.3, -0.25) is 0 Å². The first-order valence-electron chi connectivity index (χ1n) is 7.16. The van der Waals surface area contributed by atoms with Crippen LogP contribution < -0.4 is 14.8 Å². The van der Waals surface area contributed by atoms with Gasteiger partial charge in [0.1, 0.15) is 17.3 Å². The van der Waals surface area contributed by atoms with Crippen molar-refractivity contribution in [2.24, 2.45) is 0 Å². The van der Waals surface area contributed by atoms with Crippen molar-refractivity contribution in [2.45, 2.75) is 6.92 Å². The highest BCUT2D eigenvalue weighted by Gasteiger charge is 2.08. The Kier molecular flexibility index (Phi) is 4.26. The van der Waals surface area contributed by atoms with Crippen LogP contribution in [0.15, 0.2) is 42.6 Å². The number of nitrogens with one attached hydrogen (secondary N) is 1. The van der Waals surface area contributed by atoms with Gasteiger partial charge in [0.15, 0.2) is 0 Å². The molecule has 3 rings (SSSR count). The first-order valence-corrected chi connectivity index (χ1v) is 7.54. The number of aromatic nitrogens is 1. The number of benzene rings is 2. The van der Waals surface area contributed by atoms with E-state index in [1.807, 2.05) is 37.3 Å². The van der Waals surface area contributed by atoms with Gasteiger partial charge in [0.05, 0.1) is 19.2 Å². The SMILES string of the molecule is COc1cc2ccnc(Nc3ccc(OC)c(Cl)c3)c2cc1C. The Labute approximate surface area is 140 Å². The van der Waals surface area contributed by atoms with Gasteiger partial charge in [0.2, 0.25) is 0 Å². The van der Waals surface area contributed by atoms with Crippen molar-refractivity contribution < 1.29 is 9.47 Å². The molecular weight excluding hydrogens is 312 g/mol. The summed E-state index contributed by atoms with van der Waals surface area (Å²) in [4.78, 5) is 4.44. The van der Waals surface area contributed by atoms with Crippen molar-refractivity contribution in [3.05, 3.63) is 53.2 Å². The Morgan fingerprint density at radius 1 is 1.00 bits per heavy atom. The number of anilines is 2. The molecule has 5 heteroatoms. The van der Waals surface area contributed by atoms with Gasteiger partial charge < -0.3 is 14.8 Å². The fourth-order valence-electron chi connectivity index (χ4n) is 2.51. The molecule has 1 aromatic heterocycles. The first-order chi connectivity index (χ1) is 11.1. The van der Waals surface area contributed by atoms with Crippen molar-refractivity contribution in [1.82, 2.24) is 4.98 Å². The smallest absolute Gasteiger partial charge is 0.138 e. The van der Waals surface area contributed by atoms with Gasteiger partial charge in [-0.05, 0) is 54.3 Å². The van der Waals surface area contributed by atoms with E-state index in [0.717, 1.165) is 33.6 Å². The second kappa shape index (κ2) is 6.34. The van der Waals surface area contributed by atoms with Crippen LogP contribution in [0.4, 0.5) is 11.5 Å². The van der Waals surface area contributed by atoms with Gasteiger partial charge in [-0.1, -0.05) is 11.6 Å². The highest BCUT2D eigenvalue weighted by atomic mass is 35.5. The maximum Gasteiger partial charge on any atom is 0.138 e. The molecule has 0 amide bonds. The number of fused-ring (bicyclic) bond motifs is 1. The van der Waals surface area contributed by atoms with E-state index in [4.69, 9.17) is 21.1 Å². The predicted octanol–water partition coefficient (Wildman–Crippen LogP) is 4.96. The molecule has 2 aromatic carbocycles. The third-order valence-corrected chi connectivity index (χ3v) is 3.99. The quantitative estimate of drug-likeness (QED) is 0.735. The number of hydrogen-bond acceptors (Lipinski definition) is 4. The molecule has 1 heterocycles. The van der Waals surface area contributed by atoms with Crippen LogP contribution in [-0.2, 0) is 0 Å². The maximum atomic E-state index is 6.18. The monoisotopic (exact) mass is 328 g/mol. The molecule has 0 aliphatic heterocycles. The standard InChI is InChI=1S/C18H17ClN2O2/c1-11-8-14-12(9-17(11)23-3)6-7-20-18(14)21-13-4-5-16(22-2)15(19)10-13/h4-10H,1-3H3,(H,20,21). The van der Waals surface area contributed by atoms with Crippen LogP contribution in [0.25, 0.3) is 10.8 Å². The summed E-state index contributed by atoms with van der Waals surface area (Å²) < 4.78 is 10.6. The molecule has 118 valence electrons. The topological polar surface area (TPSA) is 43.4 Å². The minimum Gasteiger partial charge on any atom is -0.496 e. The molecule has 0 fully saturated rings. The zero-order chi connectivity index (χ0) is 16.4. The van der Waals surface area contributed by atoms with Crippen LogP contribution in [0, 0.1) is 6.92 Å². The lowest BCUT2D eigenvalue weighted by Crippen LogP contribution is -1.96. The fourth-order valence-corrected chi connectivity index (χ4v) is 2.77. The summed E-state index contributed by atoms with van der Waals surface area (Å²) in [6.07, 6.45) is 1.77. The van der Waals surface area contributed by atoms with E-state index in [0.29, 0.717) is 10.8 Å². The number of methoxy groups -OCH3 is 2. The number of aryl methyl sites for hydroxylation is 1. The summed E-state index contributed by atoms with van der Waals surface area (Å²) >= 11 is 6.18. The molecule has 4 nitrogen and oxygen atoms in total. The minimum absolute atomic E-state index is 0.551. The van der Waals surface area contributed by atoms with E-state index in [9.17, 15) is 0 Å². The Morgan fingerprint density at radius 2 is 1.78 bits per heavy atom. The van der Waals surface area contributed by atoms with E-state index in [-0.39, 0.29) is 0 Å². The Balaban J connectivity index is 2.03. The van der Waals surface area contributed by atoms with Crippen LogP contribution in [0.1, 0.15) is 5.56 Å². The van der Waals surface area contributed by atoms with E-state index in [2.05, 4.69) is 16.4 Å². The predicted molar refractivity (Wildman–Crippen MR) is 94.3 cm³/mol. The van der Waals surface area contributed by atoms with Gasteiger partial charge in [-0.15, -0.1) is 0 Å². The summed E-state index contributed by atoms with van der Waals surface area (Å²) in [6.45, 7) is 2.01. The van der Waals surface area contributed by atoms with Crippen LogP contribution in [0.3, 0.4) is 0 Å². The summed E-state index contributed by atoms with van der Waals surface area (Å²) in [5, 5.41) is 5.95. The molecule has 0 radical (unpaired) electrons. The Hall–Kier alpha value is -2.46. The Bertz CT molecular complexity index is 865. The van der Waals surface area contributed by atoms with Crippen molar-refractivity contribution in [2.75, 3.05) is 19.5 Å². The molecule has 3 aromatic rings. The molecule has 0 saturated carbocycles. The second-order valence-electron chi connectivity index (χ2n) is 5.18. The van der Waals surface area contributed by atoms with Crippen LogP contribution in [-0.4, -0.2) is 19.2 Å². The number of hydrogen-bond donors (Lipinski definition) is 1. The first kappa shape index (κ1) is 15.4. The summed E-state index contributed by atoms with van der Waals surface area (Å²) in [5.74, 6) is 2.28. The molecule has 0 aliphatic rings. The van der Waals surface area contributed by atoms with Crippen LogP contribution >= 0.6 is 11.6 Å². The number of halogens is 1. The van der Waals surface area contributed by atoms with Gasteiger partial charge >= 0.3 is 0 Å². The molecule has 0 saturated heterocycles. The summed E-state index contributed by atoms with van der Waals surface area (Å²) in [6, 6.07) is 11.6. The lowest BCUT2D eigenvalue weighted by Gasteiger charge is -2.12. The second-order valence-corrected chi connectivity index (χ2v) is 5.58. The van der Waals surface area contributed by atoms with Crippen molar-refractivity contribution in [3.8, 4) is 11.5 Å². The molecule has 23 heavy (non-hydrogen) atoms. The van der Waals surface area contributed by atoms with E-state index < -0.39 is 0 Å². The average molecular weight is 329 g/mol. The lowest BCUT2D eigenvalue weighted by molar-refractivity contribution is 0.412. The maximum absolute atomic E-state index is 6.18. The zero-order valence-electron chi connectivity index (χ0n) is 13.2. The third kappa shape index (κ3) is 3.03. The molecule has 0 atom stereocenters. The summed E-state index contributed by atoms with van der Waals surface area (Å²) in [7, 11) is 3.27. The third-order valence-electron chi connectivity index (χ3n) is 3.69. The highest BCUT2D eigenvalue weighted by Crippen LogP contribution is 2.32.